The standard InChI is InChI=1S/C30H29ClN2O3S/c1-21-12-16-27(17-13-21)37(35,36)33(28-19-26(31)15-14-23(28)3)20-29(34)32-30(24-9-5-4-6-10-24)25-11-7-8-22(2)18-25/h4-19,30H,20H2,1-3H3,(H,32,34). The zero-order valence-corrected chi connectivity index (χ0v) is 22.6. The maximum absolute atomic E-state index is 13.8. The Bertz CT molecular complexity index is 1500. The Labute approximate surface area is 223 Å². The van der Waals surface area contributed by atoms with Crippen LogP contribution < -0.4 is 9.62 Å². The van der Waals surface area contributed by atoms with Crippen molar-refractivity contribution in [2.45, 2.75) is 31.7 Å². The Balaban J connectivity index is 1.73. The average molecular weight is 533 g/mol. The minimum Gasteiger partial charge on any atom is -0.344 e. The second-order valence-corrected chi connectivity index (χ2v) is 11.4. The molecule has 0 bridgehead atoms. The van der Waals surface area contributed by atoms with E-state index in [2.05, 4.69) is 5.32 Å². The number of carbonyl (C=O) groups is 1. The fraction of sp³-hybridized carbons (Fsp3) is 0.167. The van der Waals surface area contributed by atoms with E-state index in [1.165, 1.54) is 0 Å². The molecule has 1 N–H and O–H groups in total. The third kappa shape index (κ3) is 6.21. The summed E-state index contributed by atoms with van der Waals surface area (Å²) in [7, 11) is -4.06. The van der Waals surface area contributed by atoms with Crippen LogP contribution in [0.25, 0.3) is 0 Å². The zero-order valence-electron chi connectivity index (χ0n) is 21.0. The summed E-state index contributed by atoms with van der Waals surface area (Å²) in [5.74, 6) is -0.439. The molecule has 7 heteroatoms. The van der Waals surface area contributed by atoms with E-state index in [0.717, 1.165) is 26.6 Å². The van der Waals surface area contributed by atoms with Crippen LogP contribution in [0.1, 0.15) is 33.9 Å². The molecule has 5 nitrogen and oxygen atoms in total. The van der Waals surface area contributed by atoms with Crippen LogP contribution in [0.3, 0.4) is 0 Å². The highest BCUT2D eigenvalue weighted by Crippen LogP contribution is 2.30. The molecular formula is C30H29ClN2O3S. The lowest BCUT2D eigenvalue weighted by molar-refractivity contribution is -0.120. The first-order valence-electron chi connectivity index (χ1n) is 11.9. The number of benzene rings is 4. The highest BCUT2D eigenvalue weighted by molar-refractivity contribution is 7.92. The second kappa shape index (κ2) is 11.2. The molecule has 1 unspecified atom stereocenters. The molecule has 0 aliphatic rings. The monoisotopic (exact) mass is 532 g/mol. The Morgan fingerprint density at radius 1 is 0.811 bits per heavy atom. The predicted octanol–water partition coefficient (Wildman–Crippen LogP) is 6.37. The van der Waals surface area contributed by atoms with E-state index in [0.29, 0.717) is 16.3 Å². The summed E-state index contributed by atoms with van der Waals surface area (Å²) in [4.78, 5) is 13.6. The fourth-order valence-corrected chi connectivity index (χ4v) is 5.82. The molecule has 0 fully saturated rings. The van der Waals surface area contributed by atoms with Gasteiger partial charge in [0.2, 0.25) is 5.91 Å². The number of halogens is 1. The van der Waals surface area contributed by atoms with Gasteiger partial charge in [0.1, 0.15) is 6.54 Å². The van der Waals surface area contributed by atoms with Crippen LogP contribution in [0.15, 0.2) is 102 Å². The molecular weight excluding hydrogens is 504 g/mol. The normalized spacial score (nSPS) is 12.1. The van der Waals surface area contributed by atoms with Crippen molar-refractivity contribution in [3.8, 4) is 0 Å². The largest absolute Gasteiger partial charge is 0.344 e. The summed E-state index contributed by atoms with van der Waals surface area (Å²) >= 11 is 6.25. The first kappa shape index (κ1) is 26.5. The van der Waals surface area contributed by atoms with Crippen molar-refractivity contribution in [3.05, 3.63) is 130 Å². The van der Waals surface area contributed by atoms with Gasteiger partial charge in [-0.2, -0.15) is 0 Å². The smallest absolute Gasteiger partial charge is 0.264 e. The van der Waals surface area contributed by atoms with E-state index in [1.54, 1.807) is 49.4 Å². The Morgan fingerprint density at radius 2 is 1.49 bits per heavy atom. The van der Waals surface area contributed by atoms with Gasteiger partial charge in [-0.05, 0) is 61.7 Å². The molecule has 0 radical (unpaired) electrons. The van der Waals surface area contributed by atoms with Gasteiger partial charge in [-0.3, -0.25) is 9.10 Å². The van der Waals surface area contributed by atoms with Crippen molar-refractivity contribution in [3.63, 3.8) is 0 Å². The minimum absolute atomic E-state index is 0.101. The van der Waals surface area contributed by atoms with Crippen molar-refractivity contribution >= 4 is 33.2 Å². The molecule has 190 valence electrons. The van der Waals surface area contributed by atoms with Gasteiger partial charge in [0.25, 0.3) is 10.0 Å². The number of nitrogens with one attached hydrogen (secondary N) is 1. The fourth-order valence-electron chi connectivity index (χ4n) is 4.18. The van der Waals surface area contributed by atoms with Gasteiger partial charge < -0.3 is 5.32 Å². The summed E-state index contributed by atoms with van der Waals surface area (Å²) in [6.07, 6.45) is 0. The Morgan fingerprint density at radius 3 is 2.16 bits per heavy atom. The van der Waals surface area contributed by atoms with E-state index in [9.17, 15) is 13.2 Å². The van der Waals surface area contributed by atoms with Crippen molar-refractivity contribution in [1.29, 1.82) is 0 Å². The van der Waals surface area contributed by atoms with Crippen LogP contribution in [0.5, 0.6) is 0 Å². The third-order valence-electron chi connectivity index (χ3n) is 6.15. The van der Waals surface area contributed by atoms with Gasteiger partial charge >= 0.3 is 0 Å². The van der Waals surface area contributed by atoms with Crippen molar-refractivity contribution < 1.29 is 13.2 Å². The number of carbonyl (C=O) groups excluding carboxylic acids is 1. The van der Waals surface area contributed by atoms with Gasteiger partial charge in [0, 0.05) is 5.02 Å². The van der Waals surface area contributed by atoms with Gasteiger partial charge in [-0.1, -0.05) is 95.5 Å². The summed E-state index contributed by atoms with van der Waals surface area (Å²) in [6.45, 7) is 5.26. The molecule has 0 aliphatic carbocycles. The Kier molecular flexibility index (Phi) is 8.00. The first-order chi connectivity index (χ1) is 17.6. The number of nitrogens with zero attached hydrogens (tertiary/aromatic N) is 1. The van der Waals surface area contributed by atoms with E-state index >= 15 is 0 Å². The lowest BCUT2D eigenvalue weighted by Gasteiger charge is -2.27. The second-order valence-electron chi connectivity index (χ2n) is 9.08. The first-order valence-corrected chi connectivity index (χ1v) is 13.7. The topological polar surface area (TPSA) is 66.5 Å². The number of aryl methyl sites for hydroxylation is 3. The summed E-state index contributed by atoms with van der Waals surface area (Å²) in [6, 6.07) is 28.6. The van der Waals surface area contributed by atoms with Crippen molar-refractivity contribution in [2.75, 3.05) is 10.8 Å². The van der Waals surface area contributed by atoms with E-state index in [-0.39, 0.29) is 4.90 Å². The van der Waals surface area contributed by atoms with Crippen molar-refractivity contribution in [1.82, 2.24) is 5.32 Å². The van der Waals surface area contributed by atoms with Crippen molar-refractivity contribution in [2.24, 2.45) is 0 Å². The number of amides is 1. The molecule has 4 aromatic carbocycles. The molecule has 0 saturated heterocycles. The minimum atomic E-state index is -4.06. The molecule has 4 aromatic rings. The van der Waals surface area contributed by atoms with Crippen LogP contribution in [-0.4, -0.2) is 20.9 Å². The molecule has 4 rings (SSSR count). The quantitative estimate of drug-likeness (QED) is 0.287. The van der Waals surface area contributed by atoms with Gasteiger partial charge in [-0.15, -0.1) is 0 Å². The molecule has 1 amide bonds. The number of sulfonamides is 1. The lowest BCUT2D eigenvalue weighted by atomic mass is 9.97. The van der Waals surface area contributed by atoms with Crippen LogP contribution in [-0.2, 0) is 14.8 Å². The molecule has 0 saturated carbocycles. The highest BCUT2D eigenvalue weighted by atomic mass is 35.5. The third-order valence-corrected chi connectivity index (χ3v) is 8.16. The zero-order chi connectivity index (χ0) is 26.6. The Hall–Kier alpha value is -3.61. The molecule has 0 heterocycles. The predicted molar refractivity (Wildman–Crippen MR) is 150 cm³/mol. The molecule has 0 aromatic heterocycles. The van der Waals surface area contributed by atoms with E-state index in [1.807, 2.05) is 68.4 Å². The van der Waals surface area contributed by atoms with Crippen LogP contribution in [0.2, 0.25) is 5.02 Å². The molecule has 0 spiro atoms. The number of rotatable bonds is 8. The number of hydrogen-bond acceptors (Lipinski definition) is 3. The average Bonchev–Trinajstić information content (AvgIpc) is 2.88. The maximum Gasteiger partial charge on any atom is 0.264 e. The van der Waals surface area contributed by atoms with E-state index < -0.39 is 28.5 Å². The van der Waals surface area contributed by atoms with Crippen LogP contribution >= 0.6 is 11.6 Å². The number of hydrogen-bond donors (Lipinski definition) is 1. The van der Waals surface area contributed by atoms with Crippen LogP contribution in [0.4, 0.5) is 5.69 Å². The molecule has 1 atom stereocenters. The van der Waals surface area contributed by atoms with Crippen LogP contribution in [0, 0.1) is 20.8 Å². The summed E-state index contributed by atoms with van der Waals surface area (Å²) in [5, 5.41) is 3.45. The maximum atomic E-state index is 13.8. The van der Waals surface area contributed by atoms with Gasteiger partial charge in [-0.25, -0.2) is 8.42 Å². The summed E-state index contributed by atoms with van der Waals surface area (Å²) in [5.41, 5.74) is 4.85. The van der Waals surface area contributed by atoms with Gasteiger partial charge in [0.15, 0.2) is 0 Å². The highest BCUT2D eigenvalue weighted by Gasteiger charge is 2.29. The molecule has 0 aliphatic heterocycles. The SMILES string of the molecule is Cc1ccc(S(=O)(=O)N(CC(=O)NC(c2ccccc2)c2cccc(C)c2)c2cc(Cl)ccc2C)cc1. The lowest BCUT2D eigenvalue weighted by Crippen LogP contribution is -2.42. The van der Waals surface area contributed by atoms with Gasteiger partial charge in [0.05, 0.1) is 16.6 Å². The van der Waals surface area contributed by atoms with E-state index in [4.69, 9.17) is 11.6 Å². The molecule has 37 heavy (non-hydrogen) atoms. The number of anilines is 1. The summed E-state index contributed by atoms with van der Waals surface area (Å²) < 4.78 is 28.8.